The molecule has 8 heteroatoms. The van der Waals surface area contributed by atoms with Gasteiger partial charge in [0, 0.05) is 18.5 Å². The van der Waals surface area contributed by atoms with E-state index in [1.54, 1.807) is 48.5 Å². The molecule has 0 aromatic heterocycles. The van der Waals surface area contributed by atoms with Gasteiger partial charge in [0.2, 0.25) is 11.6 Å². The van der Waals surface area contributed by atoms with E-state index in [0.717, 1.165) is 12.8 Å². The van der Waals surface area contributed by atoms with Crippen molar-refractivity contribution in [2.24, 2.45) is 0 Å². The number of para-hydroxylation sites is 1. The number of benzene rings is 2. The van der Waals surface area contributed by atoms with Gasteiger partial charge in [-0.1, -0.05) is 25.5 Å². The van der Waals surface area contributed by atoms with Crippen molar-refractivity contribution in [1.82, 2.24) is 5.32 Å². The SMILES string of the molecule is CCCCOC(=O)c1ccc(NC(=O)[C@]23CCC(=O)N2c2ccccc2C(=O)N3)cc1. The van der Waals surface area contributed by atoms with Gasteiger partial charge in [-0.05, 0) is 42.8 Å². The molecule has 1 saturated heterocycles. The van der Waals surface area contributed by atoms with Crippen molar-refractivity contribution in [3.8, 4) is 0 Å². The first-order valence-electron chi connectivity index (χ1n) is 10.3. The van der Waals surface area contributed by atoms with Crippen LogP contribution in [0, 0.1) is 0 Å². The van der Waals surface area contributed by atoms with Gasteiger partial charge in [0.25, 0.3) is 11.8 Å². The molecule has 2 N–H and O–H groups in total. The molecule has 3 amide bonds. The molecule has 2 aliphatic heterocycles. The Balaban J connectivity index is 1.54. The average Bonchev–Trinajstić information content (AvgIpc) is 3.12. The third kappa shape index (κ3) is 3.65. The molecule has 0 bridgehead atoms. The Morgan fingerprint density at radius 1 is 1.13 bits per heavy atom. The highest BCUT2D eigenvalue weighted by Gasteiger charge is 2.56. The van der Waals surface area contributed by atoms with E-state index >= 15 is 0 Å². The minimum Gasteiger partial charge on any atom is -0.462 e. The number of carbonyl (C=O) groups is 4. The van der Waals surface area contributed by atoms with Gasteiger partial charge in [-0.15, -0.1) is 0 Å². The number of ether oxygens (including phenoxy) is 1. The quantitative estimate of drug-likeness (QED) is 0.551. The van der Waals surface area contributed by atoms with E-state index in [9.17, 15) is 19.2 Å². The molecule has 1 fully saturated rings. The summed E-state index contributed by atoms with van der Waals surface area (Å²) >= 11 is 0. The van der Waals surface area contributed by atoms with Crippen LogP contribution in [0.4, 0.5) is 11.4 Å². The van der Waals surface area contributed by atoms with Crippen molar-refractivity contribution in [3.05, 3.63) is 59.7 Å². The van der Waals surface area contributed by atoms with Crippen molar-refractivity contribution >= 4 is 35.1 Å². The normalized spacial score (nSPS) is 19.3. The second kappa shape index (κ2) is 8.22. The fourth-order valence-corrected chi connectivity index (χ4v) is 3.89. The first kappa shape index (κ1) is 20.6. The summed E-state index contributed by atoms with van der Waals surface area (Å²) in [5.74, 6) is -1.57. The molecule has 0 spiro atoms. The Bertz CT molecular complexity index is 1050. The molecule has 2 aliphatic rings. The van der Waals surface area contributed by atoms with Crippen molar-refractivity contribution in [2.45, 2.75) is 38.3 Å². The lowest BCUT2D eigenvalue weighted by Gasteiger charge is -2.41. The van der Waals surface area contributed by atoms with Crippen LogP contribution < -0.4 is 15.5 Å². The zero-order valence-corrected chi connectivity index (χ0v) is 17.1. The summed E-state index contributed by atoms with van der Waals surface area (Å²) in [6, 6.07) is 13.0. The molecule has 1 atom stereocenters. The maximum absolute atomic E-state index is 13.3. The van der Waals surface area contributed by atoms with Gasteiger partial charge >= 0.3 is 5.97 Å². The van der Waals surface area contributed by atoms with E-state index in [2.05, 4.69) is 10.6 Å². The van der Waals surface area contributed by atoms with Crippen LogP contribution in [0.25, 0.3) is 0 Å². The van der Waals surface area contributed by atoms with E-state index in [-0.39, 0.29) is 18.7 Å². The van der Waals surface area contributed by atoms with E-state index in [1.807, 2.05) is 6.92 Å². The highest BCUT2D eigenvalue weighted by molar-refractivity contribution is 6.18. The summed E-state index contributed by atoms with van der Waals surface area (Å²) < 4.78 is 5.18. The maximum atomic E-state index is 13.3. The number of nitrogens with zero attached hydrogens (tertiary/aromatic N) is 1. The van der Waals surface area contributed by atoms with Gasteiger partial charge in [-0.2, -0.15) is 0 Å². The second-order valence-corrected chi connectivity index (χ2v) is 7.58. The van der Waals surface area contributed by atoms with Crippen molar-refractivity contribution in [3.63, 3.8) is 0 Å². The molecule has 4 rings (SSSR count). The maximum Gasteiger partial charge on any atom is 0.338 e. The Morgan fingerprint density at radius 3 is 2.61 bits per heavy atom. The summed E-state index contributed by atoms with van der Waals surface area (Å²) in [5, 5.41) is 5.50. The predicted molar refractivity (Wildman–Crippen MR) is 114 cm³/mol. The Labute approximate surface area is 179 Å². The summed E-state index contributed by atoms with van der Waals surface area (Å²) in [4.78, 5) is 51.9. The highest BCUT2D eigenvalue weighted by Crippen LogP contribution is 2.39. The Kier molecular flexibility index (Phi) is 5.46. The van der Waals surface area contributed by atoms with Gasteiger partial charge in [0.05, 0.1) is 23.4 Å². The minimum atomic E-state index is -1.49. The molecule has 31 heavy (non-hydrogen) atoms. The fraction of sp³-hybridized carbons (Fsp3) is 0.304. The number of rotatable bonds is 6. The minimum absolute atomic E-state index is 0.143. The molecule has 2 aromatic carbocycles. The van der Waals surface area contributed by atoms with Gasteiger partial charge < -0.3 is 15.4 Å². The molecule has 0 aliphatic carbocycles. The van der Waals surface area contributed by atoms with Gasteiger partial charge in [0.1, 0.15) is 0 Å². The van der Waals surface area contributed by atoms with Gasteiger partial charge in [-0.3, -0.25) is 19.3 Å². The summed E-state index contributed by atoms with van der Waals surface area (Å²) in [6.45, 7) is 2.37. The predicted octanol–water partition coefficient (Wildman–Crippen LogP) is 2.85. The third-order valence-electron chi connectivity index (χ3n) is 5.53. The number of nitrogens with one attached hydrogen (secondary N) is 2. The molecule has 0 unspecified atom stereocenters. The summed E-state index contributed by atoms with van der Waals surface area (Å²) in [5.41, 5.74) is 0.114. The van der Waals surface area contributed by atoms with Crippen LogP contribution in [0.5, 0.6) is 0 Å². The molecular weight excluding hydrogens is 398 g/mol. The van der Waals surface area contributed by atoms with Crippen molar-refractivity contribution < 1.29 is 23.9 Å². The van der Waals surface area contributed by atoms with Gasteiger partial charge in [0.15, 0.2) is 0 Å². The molecule has 2 aromatic rings. The zero-order valence-electron chi connectivity index (χ0n) is 17.1. The smallest absolute Gasteiger partial charge is 0.338 e. The van der Waals surface area contributed by atoms with Crippen LogP contribution in [0.3, 0.4) is 0 Å². The number of hydrogen-bond acceptors (Lipinski definition) is 5. The number of amides is 3. The molecule has 2 heterocycles. The molecule has 160 valence electrons. The number of esters is 1. The first-order valence-corrected chi connectivity index (χ1v) is 10.3. The highest BCUT2D eigenvalue weighted by atomic mass is 16.5. The second-order valence-electron chi connectivity index (χ2n) is 7.58. The van der Waals surface area contributed by atoms with Crippen LogP contribution in [0.1, 0.15) is 53.3 Å². The van der Waals surface area contributed by atoms with Crippen LogP contribution in [0.2, 0.25) is 0 Å². The van der Waals surface area contributed by atoms with E-state index in [1.165, 1.54) is 4.90 Å². The number of hydrogen-bond donors (Lipinski definition) is 2. The monoisotopic (exact) mass is 421 g/mol. The van der Waals surface area contributed by atoms with Crippen molar-refractivity contribution in [1.29, 1.82) is 0 Å². The van der Waals surface area contributed by atoms with Crippen LogP contribution >= 0.6 is 0 Å². The standard InChI is InChI=1S/C23H23N3O5/c1-2-3-14-31-21(29)15-8-10-16(11-9-15)24-22(30)23-13-12-19(27)26(23)18-7-5-4-6-17(18)20(28)25-23/h4-11H,2-3,12-14H2,1H3,(H,24,30)(H,25,28)/t23-/m0/s1. The number of anilines is 2. The molecule has 0 saturated carbocycles. The lowest BCUT2D eigenvalue weighted by Crippen LogP contribution is -2.68. The topological polar surface area (TPSA) is 105 Å². The third-order valence-corrected chi connectivity index (χ3v) is 5.53. The first-order chi connectivity index (χ1) is 15.0. The molecule has 8 nitrogen and oxygen atoms in total. The van der Waals surface area contributed by atoms with E-state index < -0.39 is 23.4 Å². The van der Waals surface area contributed by atoms with Crippen LogP contribution in [-0.2, 0) is 14.3 Å². The Hall–Kier alpha value is -3.68. The lowest BCUT2D eigenvalue weighted by molar-refractivity contribution is -0.124. The van der Waals surface area contributed by atoms with E-state index in [0.29, 0.717) is 29.1 Å². The van der Waals surface area contributed by atoms with Crippen LogP contribution in [0.15, 0.2) is 48.5 Å². The number of carbonyl (C=O) groups excluding carboxylic acids is 4. The van der Waals surface area contributed by atoms with Crippen LogP contribution in [-0.4, -0.2) is 36.0 Å². The Morgan fingerprint density at radius 2 is 1.87 bits per heavy atom. The summed E-state index contributed by atoms with van der Waals surface area (Å²) in [6.07, 6.45) is 2.04. The van der Waals surface area contributed by atoms with Crippen molar-refractivity contribution in [2.75, 3.05) is 16.8 Å². The molecular formula is C23H23N3O5. The lowest BCUT2D eigenvalue weighted by atomic mass is 9.98. The molecule has 0 radical (unpaired) electrons. The number of unbranched alkanes of at least 4 members (excludes halogenated alkanes) is 1. The number of fused-ring (bicyclic) bond motifs is 3. The average molecular weight is 421 g/mol. The van der Waals surface area contributed by atoms with Gasteiger partial charge in [-0.25, -0.2) is 4.79 Å². The largest absolute Gasteiger partial charge is 0.462 e. The van der Waals surface area contributed by atoms with E-state index in [4.69, 9.17) is 4.74 Å². The zero-order chi connectivity index (χ0) is 22.0. The summed E-state index contributed by atoms with van der Waals surface area (Å²) in [7, 11) is 0. The fourth-order valence-electron chi connectivity index (χ4n) is 3.89.